The van der Waals surface area contributed by atoms with Crippen molar-refractivity contribution in [3.05, 3.63) is 0 Å². The Balaban J connectivity index is -0.0000000267. The van der Waals surface area contributed by atoms with Gasteiger partial charge in [0.25, 0.3) is 0 Å². The average Bonchev–Trinajstić information content (AvgIpc) is 1.12. The monoisotopic (exact) mass is 350 g/mol. The molecule has 0 aromatic carbocycles. The van der Waals surface area contributed by atoms with Crippen LogP contribution in [0.2, 0.25) is 0 Å². The van der Waals surface area contributed by atoms with Gasteiger partial charge in [-0.05, 0) is 0 Å². The molecule has 0 atom stereocenters. The van der Waals surface area contributed by atoms with Gasteiger partial charge in [-0.1, -0.05) is 0 Å². The summed E-state index contributed by atoms with van der Waals surface area (Å²) in [6.07, 6.45) is 0. The molecular weight excluding hydrogens is 353 g/mol. The topological polar surface area (TPSA) is 138 Å². The van der Waals surface area contributed by atoms with Gasteiger partial charge in [0, 0.05) is 0 Å². The Morgan fingerprint density at radius 1 is 0.692 bits per heavy atom. The van der Waals surface area contributed by atoms with Crippen LogP contribution in [0, 0.1) is 0 Å². The molecule has 0 amide bonds. The van der Waals surface area contributed by atoms with Crippen LogP contribution in [0.15, 0.2) is 0 Å². The van der Waals surface area contributed by atoms with Gasteiger partial charge in [-0.15, -0.1) is 0 Å². The first kappa shape index (κ1) is 29.9. The molecule has 0 aromatic heterocycles. The van der Waals surface area contributed by atoms with E-state index >= 15 is 0 Å². The maximum Gasteiger partial charge on any atom is 2.00 e. The molecule has 0 rings (SSSR count). The zero-order valence-electron chi connectivity index (χ0n) is 6.33. The number of hydrogen-bond donors (Lipinski definition) is 0. The van der Waals surface area contributed by atoms with Crippen molar-refractivity contribution >= 4 is 99.2 Å². The SMILES string of the molecule is [Ca+2].[Mg+2].[O-][Si]([O-])([O-])Cl.[O-][Si]([O-])([O-])Cl.[Zn+2]. The smallest absolute Gasteiger partial charge is 0.870 e. The molecule has 0 aromatic rings. The maximum absolute atomic E-state index is 8.90. The third kappa shape index (κ3) is 237. The fourth-order valence-corrected chi connectivity index (χ4v) is 0. The molecule has 13 heteroatoms. The molecule has 0 saturated carbocycles. The van der Waals surface area contributed by atoms with E-state index in [4.69, 9.17) is 28.8 Å². The van der Waals surface area contributed by atoms with Crippen molar-refractivity contribution < 1.29 is 48.3 Å². The molecule has 0 unspecified atom stereocenters. The van der Waals surface area contributed by atoms with E-state index in [-0.39, 0.29) is 80.3 Å². The second-order valence-electron chi connectivity index (χ2n) is 0.963. The Kier molecular flexibility index (Phi) is 31.1. The van der Waals surface area contributed by atoms with Crippen LogP contribution < -0.4 is 28.8 Å². The Hall–Kier alpha value is 3.42. The van der Waals surface area contributed by atoms with Crippen molar-refractivity contribution in [3.63, 3.8) is 0 Å². The molecule has 64 valence electrons. The van der Waals surface area contributed by atoms with Crippen LogP contribution in [-0.2, 0) is 19.5 Å². The fraction of sp³-hybridized carbons (Fsp3) is 0. The zero-order chi connectivity index (χ0) is 9.00. The van der Waals surface area contributed by atoms with E-state index in [0.717, 1.165) is 0 Å². The Morgan fingerprint density at radius 3 is 0.692 bits per heavy atom. The van der Waals surface area contributed by atoms with Gasteiger partial charge >= 0.3 is 80.3 Å². The van der Waals surface area contributed by atoms with Gasteiger partial charge in [0.05, 0.1) is 0 Å². The van der Waals surface area contributed by atoms with Gasteiger partial charge in [0.1, 0.15) is 0 Å². The molecule has 0 spiro atoms. The van der Waals surface area contributed by atoms with E-state index in [1.165, 1.54) is 0 Å². The summed E-state index contributed by atoms with van der Waals surface area (Å²) in [5.41, 5.74) is 0. The van der Waals surface area contributed by atoms with E-state index < -0.39 is 16.2 Å². The quantitative estimate of drug-likeness (QED) is 0.313. The van der Waals surface area contributed by atoms with Crippen LogP contribution in [0.4, 0.5) is 0 Å². The standard InChI is InChI=1S/Ca.2ClO3Si.Mg.Zn/c;2*1-5(2,3)4;;/q+2;2*-3;2*+2. The van der Waals surface area contributed by atoms with Gasteiger partial charge in [0.2, 0.25) is 0 Å². The normalized spacial score (nSPS) is 9.23. The molecule has 0 N–H and O–H groups in total. The van der Waals surface area contributed by atoms with Crippen molar-refractivity contribution in [2.75, 3.05) is 0 Å². The molecule has 0 aliphatic heterocycles. The molecule has 0 aliphatic carbocycles. The molecule has 0 heterocycles. The third-order valence-electron chi connectivity index (χ3n) is 0. The zero-order valence-corrected chi connectivity index (χ0v) is 16.4. The summed E-state index contributed by atoms with van der Waals surface area (Å²) < 4.78 is 0. The Labute approximate surface area is 145 Å². The number of rotatable bonds is 0. The van der Waals surface area contributed by atoms with Gasteiger partial charge in [-0.2, -0.15) is 16.2 Å². The number of hydrogen-bond acceptors (Lipinski definition) is 6. The Morgan fingerprint density at radius 2 is 0.692 bits per heavy atom. The summed E-state index contributed by atoms with van der Waals surface area (Å²) in [6.45, 7) is 0. The van der Waals surface area contributed by atoms with E-state index in [2.05, 4.69) is 22.2 Å². The first-order valence-electron chi connectivity index (χ1n) is 1.60. The van der Waals surface area contributed by atoms with E-state index in [1.807, 2.05) is 0 Å². The van der Waals surface area contributed by atoms with Gasteiger partial charge in [-0.25, -0.2) is 22.2 Å². The minimum absolute atomic E-state index is 0. The molecule has 0 saturated heterocycles. The predicted molar refractivity (Wildman–Crippen MR) is 34.7 cm³/mol. The molecule has 0 fully saturated rings. The van der Waals surface area contributed by atoms with Crippen molar-refractivity contribution in [2.24, 2.45) is 0 Å². The molecule has 6 nitrogen and oxygen atoms in total. The minimum Gasteiger partial charge on any atom is -0.870 e. The summed E-state index contributed by atoms with van der Waals surface area (Å²) in [4.78, 5) is 53.4. The van der Waals surface area contributed by atoms with Gasteiger partial charge < -0.3 is 28.8 Å². The summed E-state index contributed by atoms with van der Waals surface area (Å²) >= 11 is 8.00. The second-order valence-corrected chi connectivity index (χ2v) is 5.67. The first-order valence-corrected chi connectivity index (χ1v) is 7.08. The van der Waals surface area contributed by atoms with Crippen LogP contribution in [0.5, 0.6) is 0 Å². The molecule has 0 aliphatic rings. The number of halogens is 2. The fourth-order valence-electron chi connectivity index (χ4n) is 0. The average molecular weight is 353 g/mol. The summed E-state index contributed by atoms with van der Waals surface area (Å²) in [6, 6.07) is 0. The van der Waals surface area contributed by atoms with Crippen LogP contribution in [0.25, 0.3) is 0 Å². The second kappa shape index (κ2) is 13.5. The van der Waals surface area contributed by atoms with Crippen LogP contribution in [-0.4, -0.2) is 77.0 Å². The molecule has 0 bridgehead atoms. The largest absolute Gasteiger partial charge is 2.00 e. The van der Waals surface area contributed by atoms with Crippen LogP contribution in [0.3, 0.4) is 0 Å². The Bertz CT molecular complexity index is 71.6. The minimum atomic E-state index is -4.89. The van der Waals surface area contributed by atoms with E-state index in [9.17, 15) is 0 Å². The van der Waals surface area contributed by atoms with Crippen molar-refractivity contribution in [1.82, 2.24) is 0 Å². The van der Waals surface area contributed by atoms with Crippen LogP contribution in [0.1, 0.15) is 0 Å². The van der Waals surface area contributed by atoms with Crippen molar-refractivity contribution in [2.45, 2.75) is 0 Å². The van der Waals surface area contributed by atoms with E-state index in [1.54, 1.807) is 0 Å². The van der Waals surface area contributed by atoms with Gasteiger partial charge in [0.15, 0.2) is 0 Å². The molecule has 13 heavy (non-hydrogen) atoms. The predicted octanol–water partition coefficient (Wildman–Crippen LogP) is -7.28. The summed E-state index contributed by atoms with van der Waals surface area (Å²) in [5, 5.41) is 0. The van der Waals surface area contributed by atoms with Gasteiger partial charge in [-0.3, -0.25) is 0 Å². The van der Waals surface area contributed by atoms with Crippen molar-refractivity contribution in [1.29, 1.82) is 0 Å². The summed E-state index contributed by atoms with van der Waals surface area (Å²) in [7, 11) is -9.78. The van der Waals surface area contributed by atoms with E-state index in [0.29, 0.717) is 0 Å². The first-order chi connectivity index (χ1) is 4.00. The van der Waals surface area contributed by atoms with Crippen molar-refractivity contribution in [3.8, 4) is 0 Å². The van der Waals surface area contributed by atoms with Crippen LogP contribution >= 0.6 is 22.2 Å². The molecular formula is CaCl2MgO6Si2Zn. The maximum atomic E-state index is 8.90. The summed E-state index contributed by atoms with van der Waals surface area (Å²) in [5.74, 6) is 0. The third-order valence-corrected chi connectivity index (χ3v) is 0. The molecule has 0 radical (unpaired) electrons.